The quantitative estimate of drug-likeness (QED) is 0.475. The zero-order valence-electron chi connectivity index (χ0n) is 10.5. The predicted octanol–water partition coefficient (Wildman–Crippen LogP) is 1.93. The number of hydrogen-bond donors (Lipinski definition) is 2. The maximum atomic E-state index is 11.0. The first kappa shape index (κ1) is 12.9. The summed E-state index contributed by atoms with van der Waals surface area (Å²) in [5, 5.41) is 0. The Labute approximate surface area is 107 Å². The number of hydrogen-bond acceptors (Lipinski definition) is 3. The Balaban J connectivity index is 1.82. The van der Waals surface area contributed by atoms with Gasteiger partial charge in [0.2, 0.25) is 5.91 Å². The van der Waals surface area contributed by atoms with Crippen molar-refractivity contribution in [3.8, 4) is 5.75 Å². The molecule has 1 aliphatic rings. The first-order valence-corrected chi connectivity index (χ1v) is 6.53. The van der Waals surface area contributed by atoms with Gasteiger partial charge in [-0.05, 0) is 49.8 Å². The van der Waals surface area contributed by atoms with Gasteiger partial charge in [0.15, 0.2) is 0 Å². The Kier molecular flexibility index (Phi) is 4.59. The molecule has 0 saturated heterocycles. The topological polar surface area (TPSA) is 64.3 Å². The van der Waals surface area contributed by atoms with Crippen LogP contribution >= 0.6 is 0 Å². The van der Waals surface area contributed by atoms with E-state index in [-0.39, 0.29) is 5.91 Å². The van der Waals surface area contributed by atoms with Gasteiger partial charge in [0.05, 0.1) is 6.10 Å². The molecular formula is C14H20N2O2. The molecule has 0 atom stereocenters. The van der Waals surface area contributed by atoms with Gasteiger partial charge in [0.25, 0.3) is 0 Å². The zero-order chi connectivity index (χ0) is 12.8. The molecule has 4 heteroatoms. The third-order valence-corrected chi connectivity index (χ3v) is 3.33. The van der Waals surface area contributed by atoms with Gasteiger partial charge in [-0.3, -0.25) is 10.2 Å². The Morgan fingerprint density at radius 3 is 2.56 bits per heavy atom. The number of rotatable bonds is 5. The highest BCUT2D eigenvalue weighted by Crippen LogP contribution is 2.24. The molecule has 0 aliphatic heterocycles. The van der Waals surface area contributed by atoms with Gasteiger partial charge in [-0.1, -0.05) is 12.1 Å². The molecule has 0 heterocycles. The highest BCUT2D eigenvalue weighted by Gasteiger charge is 2.16. The lowest BCUT2D eigenvalue weighted by molar-refractivity contribution is -0.121. The predicted molar refractivity (Wildman–Crippen MR) is 70.0 cm³/mol. The van der Waals surface area contributed by atoms with Crippen LogP contribution in [0.5, 0.6) is 5.75 Å². The summed E-state index contributed by atoms with van der Waals surface area (Å²) in [5.74, 6) is 5.82. The van der Waals surface area contributed by atoms with Gasteiger partial charge in [-0.25, -0.2) is 5.84 Å². The maximum Gasteiger partial charge on any atom is 0.234 e. The standard InChI is InChI=1S/C14H20N2O2/c15-16-14(17)10-7-11-5-8-13(9-6-11)18-12-3-1-2-4-12/h5-6,8-9,12H,1-4,7,10,15H2,(H,16,17). The molecule has 1 saturated carbocycles. The summed E-state index contributed by atoms with van der Waals surface area (Å²) in [4.78, 5) is 11.0. The van der Waals surface area contributed by atoms with Crippen LogP contribution in [-0.2, 0) is 11.2 Å². The summed E-state index contributed by atoms with van der Waals surface area (Å²) < 4.78 is 5.88. The Bertz CT molecular complexity index is 383. The molecule has 1 fully saturated rings. The number of carbonyl (C=O) groups excluding carboxylic acids is 1. The van der Waals surface area contributed by atoms with Gasteiger partial charge in [-0.15, -0.1) is 0 Å². The minimum atomic E-state index is -0.138. The molecule has 0 spiro atoms. The second-order valence-corrected chi connectivity index (χ2v) is 4.74. The van der Waals surface area contributed by atoms with E-state index in [1.807, 2.05) is 24.3 Å². The largest absolute Gasteiger partial charge is 0.490 e. The van der Waals surface area contributed by atoms with E-state index >= 15 is 0 Å². The average molecular weight is 248 g/mol. The lowest BCUT2D eigenvalue weighted by Crippen LogP contribution is -2.30. The number of amides is 1. The van der Waals surface area contributed by atoms with Crippen molar-refractivity contribution in [3.05, 3.63) is 29.8 Å². The van der Waals surface area contributed by atoms with E-state index in [2.05, 4.69) is 5.43 Å². The van der Waals surface area contributed by atoms with Crippen LogP contribution in [0.25, 0.3) is 0 Å². The van der Waals surface area contributed by atoms with E-state index in [0.29, 0.717) is 18.9 Å². The van der Waals surface area contributed by atoms with Crippen LogP contribution in [0.3, 0.4) is 0 Å². The molecule has 1 aliphatic carbocycles. The highest BCUT2D eigenvalue weighted by atomic mass is 16.5. The molecule has 0 aromatic heterocycles. The van der Waals surface area contributed by atoms with E-state index in [1.165, 1.54) is 25.7 Å². The van der Waals surface area contributed by atoms with Crippen LogP contribution in [0.2, 0.25) is 0 Å². The second-order valence-electron chi connectivity index (χ2n) is 4.74. The number of aryl methyl sites for hydroxylation is 1. The molecule has 1 aromatic carbocycles. The minimum Gasteiger partial charge on any atom is -0.490 e. The Hall–Kier alpha value is -1.55. The minimum absolute atomic E-state index is 0.138. The Morgan fingerprint density at radius 2 is 1.94 bits per heavy atom. The van der Waals surface area contributed by atoms with E-state index in [1.54, 1.807) is 0 Å². The van der Waals surface area contributed by atoms with Crippen LogP contribution in [-0.4, -0.2) is 12.0 Å². The number of ether oxygens (including phenoxy) is 1. The van der Waals surface area contributed by atoms with Crippen LogP contribution in [0.4, 0.5) is 0 Å². The summed E-state index contributed by atoms with van der Waals surface area (Å²) in [5.41, 5.74) is 3.25. The molecule has 2 rings (SSSR count). The van der Waals surface area contributed by atoms with E-state index in [0.717, 1.165) is 11.3 Å². The summed E-state index contributed by atoms with van der Waals surface area (Å²) in [7, 11) is 0. The van der Waals surface area contributed by atoms with Crippen LogP contribution in [0.15, 0.2) is 24.3 Å². The number of nitrogens with two attached hydrogens (primary N) is 1. The van der Waals surface area contributed by atoms with Crippen molar-refractivity contribution in [3.63, 3.8) is 0 Å². The molecule has 1 amide bonds. The molecule has 0 radical (unpaired) electrons. The lowest BCUT2D eigenvalue weighted by Gasteiger charge is -2.13. The molecule has 18 heavy (non-hydrogen) atoms. The number of hydrazine groups is 1. The fourth-order valence-corrected chi connectivity index (χ4v) is 2.26. The number of nitrogens with one attached hydrogen (secondary N) is 1. The highest BCUT2D eigenvalue weighted by molar-refractivity contribution is 5.75. The molecule has 1 aromatic rings. The normalized spacial score (nSPS) is 15.6. The first-order chi connectivity index (χ1) is 8.78. The first-order valence-electron chi connectivity index (χ1n) is 6.53. The van der Waals surface area contributed by atoms with Gasteiger partial charge in [-0.2, -0.15) is 0 Å². The van der Waals surface area contributed by atoms with Crippen molar-refractivity contribution in [2.45, 2.75) is 44.6 Å². The molecular weight excluding hydrogens is 228 g/mol. The smallest absolute Gasteiger partial charge is 0.234 e. The van der Waals surface area contributed by atoms with Gasteiger partial charge >= 0.3 is 0 Å². The summed E-state index contributed by atoms with van der Waals surface area (Å²) in [6, 6.07) is 7.98. The fourth-order valence-electron chi connectivity index (χ4n) is 2.26. The fraction of sp³-hybridized carbons (Fsp3) is 0.500. The summed E-state index contributed by atoms with van der Waals surface area (Å²) >= 11 is 0. The lowest BCUT2D eigenvalue weighted by atomic mass is 10.1. The Morgan fingerprint density at radius 1 is 1.28 bits per heavy atom. The number of carbonyl (C=O) groups is 1. The van der Waals surface area contributed by atoms with Crippen molar-refractivity contribution < 1.29 is 9.53 Å². The third kappa shape index (κ3) is 3.74. The zero-order valence-corrected chi connectivity index (χ0v) is 10.5. The van der Waals surface area contributed by atoms with Gasteiger partial charge in [0, 0.05) is 6.42 Å². The summed E-state index contributed by atoms with van der Waals surface area (Å²) in [6.07, 6.45) is 6.38. The molecule has 0 bridgehead atoms. The van der Waals surface area contributed by atoms with Gasteiger partial charge < -0.3 is 4.74 Å². The van der Waals surface area contributed by atoms with Crippen LogP contribution in [0, 0.1) is 0 Å². The van der Waals surface area contributed by atoms with Crippen molar-refractivity contribution in [1.29, 1.82) is 0 Å². The maximum absolute atomic E-state index is 11.0. The summed E-state index contributed by atoms with van der Waals surface area (Å²) in [6.45, 7) is 0. The third-order valence-electron chi connectivity index (χ3n) is 3.33. The van der Waals surface area contributed by atoms with E-state index < -0.39 is 0 Å². The van der Waals surface area contributed by atoms with Crippen LogP contribution in [0.1, 0.15) is 37.7 Å². The number of benzene rings is 1. The van der Waals surface area contributed by atoms with E-state index in [9.17, 15) is 4.79 Å². The van der Waals surface area contributed by atoms with Crippen molar-refractivity contribution >= 4 is 5.91 Å². The molecule has 0 unspecified atom stereocenters. The van der Waals surface area contributed by atoms with E-state index in [4.69, 9.17) is 10.6 Å². The molecule has 4 nitrogen and oxygen atoms in total. The van der Waals surface area contributed by atoms with Crippen LogP contribution < -0.4 is 16.0 Å². The molecule has 3 N–H and O–H groups in total. The average Bonchev–Trinajstić information content (AvgIpc) is 2.90. The monoisotopic (exact) mass is 248 g/mol. The van der Waals surface area contributed by atoms with Gasteiger partial charge in [0.1, 0.15) is 5.75 Å². The van der Waals surface area contributed by atoms with Crippen molar-refractivity contribution in [1.82, 2.24) is 5.43 Å². The van der Waals surface area contributed by atoms with Crippen molar-refractivity contribution in [2.24, 2.45) is 5.84 Å². The second kappa shape index (κ2) is 6.40. The SMILES string of the molecule is NNC(=O)CCc1ccc(OC2CCCC2)cc1. The molecule has 98 valence electrons. The van der Waals surface area contributed by atoms with Crippen molar-refractivity contribution in [2.75, 3.05) is 0 Å².